The Hall–Kier alpha value is -0.520. The fraction of sp³-hybridized carbons (Fsp3) is 0.636. The molecule has 0 saturated carbocycles. The van der Waals surface area contributed by atoms with Gasteiger partial charge in [-0.05, 0) is 40.0 Å². The van der Waals surface area contributed by atoms with Crippen molar-refractivity contribution in [3.05, 3.63) is 23.3 Å². The maximum absolute atomic E-state index is 2.30. The molecule has 0 saturated heterocycles. The molecule has 0 N–H and O–H groups in total. The van der Waals surface area contributed by atoms with E-state index in [4.69, 9.17) is 0 Å². The summed E-state index contributed by atoms with van der Waals surface area (Å²) in [5, 5.41) is 0. The van der Waals surface area contributed by atoms with Crippen LogP contribution in [0.2, 0.25) is 0 Å². The van der Waals surface area contributed by atoms with E-state index < -0.39 is 0 Å². The van der Waals surface area contributed by atoms with Crippen molar-refractivity contribution in [2.24, 2.45) is 5.92 Å². The molecule has 0 heterocycles. The van der Waals surface area contributed by atoms with E-state index in [1.165, 1.54) is 17.6 Å². The molecule has 1 unspecified atom stereocenters. The second kappa shape index (κ2) is 5.17. The Morgan fingerprint density at radius 1 is 1.27 bits per heavy atom. The number of rotatable bonds is 3. The summed E-state index contributed by atoms with van der Waals surface area (Å²) in [5.74, 6) is 0.704. The zero-order valence-corrected chi connectivity index (χ0v) is 8.44. The molecule has 0 heteroatoms. The summed E-state index contributed by atoms with van der Waals surface area (Å²) >= 11 is 0. The first-order chi connectivity index (χ1) is 5.07. The largest absolute Gasteiger partial charge is 0.0885 e. The van der Waals surface area contributed by atoms with Crippen LogP contribution in [0.5, 0.6) is 0 Å². The second-order valence-corrected chi connectivity index (χ2v) is 3.45. The maximum Gasteiger partial charge on any atom is -0.0200 e. The average Bonchev–Trinajstić information content (AvgIpc) is 1.98. The van der Waals surface area contributed by atoms with Crippen LogP contribution >= 0.6 is 0 Å². The number of hydrogen-bond donors (Lipinski definition) is 0. The fourth-order valence-electron chi connectivity index (χ4n) is 0.883. The summed E-state index contributed by atoms with van der Waals surface area (Å²) in [7, 11) is 0. The van der Waals surface area contributed by atoms with Gasteiger partial charge >= 0.3 is 0 Å². The molecule has 0 radical (unpaired) electrons. The molecule has 0 nitrogen and oxygen atoms in total. The first-order valence-electron chi connectivity index (χ1n) is 4.34. The van der Waals surface area contributed by atoms with E-state index in [-0.39, 0.29) is 0 Å². The van der Waals surface area contributed by atoms with Crippen molar-refractivity contribution < 1.29 is 0 Å². The highest BCUT2D eigenvalue weighted by Gasteiger charge is 1.99. The standard InChI is InChI=1S/C11H20/c1-6-10(4)11(5)8-7-9(2)3/h6-7,11H,8H2,1-5H3. The predicted molar refractivity (Wildman–Crippen MR) is 52.6 cm³/mol. The quantitative estimate of drug-likeness (QED) is 0.537. The van der Waals surface area contributed by atoms with Gasteiger partial charge in [0.05, 0.1) is 0 Å². The lowest BCUT2D eigenvalue weighted by Gasteiger charge is -2.08. The van der Waals surface area contributed by atoms with Crippen LogP contribution in [0.3, 0.4) is 0 Å². The van der Waals surface area contributed by atoms with Gasteiger partial charge in [0.1, 0.15) is 0 Å². The summed E-state index contributed by atoms with van der Waals surface area (Å²) in [6.07, 6.45) is 5.68. The van der Waals surface area contributed by atoms with Crippen LogP contribution in [0.4, 0.5) is 0 Å². The highest BCUT2D eigenvalue weighted by molar-refractivity contribution is 5.04. The molecule has 0 aliphatic heterocycles. The van der Waals surface area contributed by atoms with Crippen LogP contribution in [-0.4, -0.2) is 0 Å². The van der Waals surface area contributed by atoms with Crippen molar-refractivity contribution in [2.75, 3.05) is 0 Å². The Morgan fingerprint density at radius 2 is 1.82 bits per heavy atom. The van der Waals surface area contributed by atoms with E-state index in [1.807, 2.05) is 0 Å². The van der Waals surface area contributed by atoms with Crippen LogP contribution in [0.25, 0.3) is 0 Å². The Bertz CT molecular complexity index is 157. The van der Waals surface area contributed by atoms with Crippen molar-refractivity contribution in [3.63, 3.8) is 0 Å². The van der Waals surface area contributed by atoms with Gasteiger partial charge in [-0.25, -0.2) is 0 Å². The molecule has 1 atom stereocenters. The van der Waals surface area contributed by atoms with Crippen molar-refractivity contribution >= 4 is 0 Å². The normalized spacial score (nSPS) is 14.5. The van der Waals surface area contributed by atoms with Crippen LogP contribution in [0.15, 0.2) is 23.3 Å². The third-order valence-corrected chi connectivity index (χ3v) is 2.11. The summed E-state index contributed by atoms with van der Waals surface area (Å²) in [4.78, 5) is 0. The Labute approximate surface area is 71.0 Å². The minimum absolute atomic E-state index is 0.704. The molecule has 0 aliphatic rings. The molecule has 11 heavy (non-hydrogen) atoms. The minimum atomic E-state index is 0.704. The molecule has 0 aliphatic carbocycles. The molecule has 0 rings (SSSR count). The molecule has 0 aromatic carbocycles. The summed E-state index contributed by atoms with van der Waals surface area (Å²) in [6.45, 7) is 10.9. The molecule has 0 aromatic heterocycles. The smallest absolute Gasteiger partial charge is 0.0200 e. The van der Waals surface area contributed by atoms with Crippen LogP contribution in [0, 0.1) is 5.92 Å². The summed E-state index contributed by atoms with van der Waals surface area (Å²) in [6, 6.07) is 0. The van der Waals surface area contributed by atoms with Crippen LogP contribution < -0.4 is 0 Å². The number of allylic oxidation sites excluding steroid dienone is 4. The summed E-state index contributed by atoms with van der Waals surface area (Å²) < 4.78 is 0. The highest BCUT2D eigenvalue weighted by atomic mass is 14.0. The van der Waals surface area contributed by atoms with Crippen molar-refractivity contribution in [1.82, 2.24) is 0 Å². The lowest BCUT2D eigenvalue weighted by Crippen LogP contribution is -1.93. The SMILES string of the molecule is CC=C(C)C(C)CC=C(C)C. The van der Waals surface area contributed by atoms with Gasteiger partial charge in [0.2, 0.25) is 0 Å². The monoisotopic (exact) mass is 152 g/mol. The number of hydrogen-bond acceptors (Lipinski definition) is 0. The first kappa shape index (κ1) is 10.5. The molecule has 0 amide bonds. The molecule has 0 bridgehead atoms. The van der Waals surface area contributed by atoms with E-state index >= 15 is 0 Å². The van der Waals surface area contributed by atoms with E-state index in [2.05, 4.69) is 46.8 Å². The van der Waals surface area contributed by atoms with Crippen molar-refractivity contribution in [1.29, 1.82) is 0 Å². The third-order valence-electron chi connectivity index (χ3n) is 2.11. The van der Waals surface area contributed by atoms with Gasteiger partial charge in [0.25, 0.3) is 0 Å². The van der Waals surface area contributed by atoms with Gasteiger partial charge in [-0.3, -0.25) is 0 Å². The van der Waals surface area contributed by atoms with Crippen molar-refractivity contribution in [3.8, 4) is 0 Å². The maximum atomic E-state index is 2.30. The van der Waals surface area contributed by atoms with E-state index in [0.717, 1.165) is 0 Å². The van der Waals surface area contributed by atoms with Gasteiger partial charge in [-0.15, -0.1) is 0 Å². The fourth-order valence-corrected chi connectivity index (χ4v) is 0.883. The average molecular weight is 152 g/mol. The molecule has 0 aromatic rings. The Kier molecular flexibility index (Phi) is 4.93. The molecule has 0 fully saturated rings. The third kappa shape index (κ3) is 4.83. The molecule has 0 spiro atoms. The van der Waals surface area contributed by atoms with Crippen LogP contribution in [-0.2, 0) is 0 Å². The molecular weight excluding hydrogens is 132 g/mol. The molecular formula is C11H20. The minimum Gasteiger partial charge on any atom is -0.0885 e. The van der Waals surface area contributed by atoms with Gasteiger partial charge in [0.15, 0.2) is 0 Å². The first-order valence-corrected chi connectivity index (χ1v) is 4.34. The van der Waals surface area contributed by atoms with E-state index in [9.17, 15) is 0 Å². The van der Waals surface area contributed by atoms with Gasteiger partial charge in [-0.2, -0.15) is 0 Å². The lowest BCUT2D eigenvalue weighted by molar-refractivity contribution is 0.690. The van der Waals surface area contributed by atoms with Crippen molar-refractivity contribution in [2.45, 2.75) is 41.0 Å². The van der Waals surface area contributed by atoms with E-state index in [1.54, 1.807) is 0 Å². The summed E-state index contributed by atoms with van der Waals surface area (Å²) in [5.41, 5.74) is 2.91. The van der Waals surface area contributed by atoms with Crippen LogP contribution in [0.1, 0.15) is 41.0 Å². The van der Waals surface area contributed by atoms with Gasteiger partial charge in [0, 0.05) is 0 Å². The molecule has 64 valence electrons. The zero-order chi connectivity index (χ0) is 8.85. The van der Waals surface area contributed by atoms with Gasteiger partial charge < -0.3 is 0 Å². The second-order valence-electron chi connectivity index (χ2n) is 3.45. The zero-order valence-electron chi connectivity index (χ0n) is 8.44. The lowest BCUT2D eigenvalue weighted by atomic mass is 9.98. The topological polar surface area (TPSA) is 0 Å². The van der Waals surface area contributed by atoms with Gasteiger partial charge in [-0.1, -0.05) is 30.2 Å². The predicted octanol–water partition coefficient (Wildman–Crippen LogP) is 3.95. The highest BCUT2D eigenvalue weighted by Crippen LogP contribution is 2.14. The Balaban J connectivity index is 3.88. The Morgan fingerprint density at radius 3 is 2.18 bits per heavy atom. The van der Waals surface area contributed by atoms with E-state index in [0.29, 0.717) is 5.92 Å².